The van der Waals surface area contributed by atoms with E-state index >= 15 is 0 Å². The molecule has 0 aliphatic carbocycles. The summed E-state index contributed by atoms with van der Waals surface area (Å²) in [7, 11) is 0. The summed E-state index contributed by atoms with van der Waals surface area (Å²) in [6.45, 7) is 0.226. The zero-order chi connectivity index (χ0) is 14.7. The molecule has 1 aliphatic rings. The molecule has 0 bridgehead atoms. The number of ether oxygens (including phenoxy) is 2. The van der Waals surface area contributed by atoms with Gasteiger partial charge in [0.15, 0.2) is 17.9 Å². The van der Waals surface area contributed by atoms with Crippen LogP contribution < -0.4 is 4.74 Å². The Bertz CT molecular complexity index is 683. The van der Waals surface area contributed by atoms with E-state index in [1.165, 1.54) is 6.40 Å². The largest absolute Gasteiger partial charge is 0.469 e. The number of benzene rings is 1. The van der Waals surface area contributed by atoms with Crippen molar-refractivity contribution in [1.29, 1.82) is 0 Å². The van der Waals surface area contributed by atoms with Crippen LogP contribution in [0, 0.1) is 5.82 Å². The second-order valence-corrected chi connectivity index (χ2v) is 4.41. The van der Waals surface area contributed by atoms with E-state index in [4.69, 9.17) is 25.9 Å². The lowest BCUT2D eigenvalue weighted by Gasteiger charge is -2.20. The Hall–Kier alpha value is -2.41. The molecule has 0 spiro atoms. The Morgan fingerprint density at radius 2 is 2.14 bits per heavy atom. The molecule has 0 saturated heterocycles. The van der Waals surface area contributed by atoms with E-state index in [2.05, 4.69) is 15.1 Å². The van der Waals surface area contributed by atoms with E-state index in [1.807, 2.05) is 0 Å². The molecule has 0 N–H and O–H groups in total. The second kappa shape index (κ2) is 5.92. The van der Waals surface area contributed by atoms with Crippen LogP contribution in [0.2, 0.25) is 5.15 Å². The summed E-state index contributed by atoms with van der Waals surface area (Å²) in [5.74, 6) is -0.695. The fourth-order valence-corrected chi connectivity index (χ4v) is 1.91. The molecule has 0 radical (unpaired) electrons. The van der Waals surface area contributed by atoms with Crippen LogP contribution in [0.1, 0.15) is 11.7 Å². The van der Waals surface area contributed by atoms with Crippen LogP contribution in [0.3, 0.4) is 0 Å². The lowest BCUT2D eigenvalue weighted by molar-refractivity contribution is 0.0154. The predicted molar refractivity (Wildman–Crippen MR) is 71.8 cm³/mol. The summed E-state index contributed by atoms with van der Waals surface area (Å²) in [4.78, 5) is 12.2. The van der Waals surface area contributed by atoms with Gasteiger partial charge in [-0.2, -0.15) is 9.37 Å². The Balaban J connectivity index is 1.92. The van der Waals surface area contributed by atoms with Crippen LogP contribution in [-0.2, 0) is 9.57 Å². The summed E-state index contributed by atoms with van der Waals surface area (Å²) in [5, 5.41) is 3.20. The molecule has 1 aromatic heterocycles. The second-order valence-electron chi connectivity index (χ2n) is 4.05. The molecule has 1 aromatic carbocycles. The van der Waals surface area contributed by atoms with Crippen molar-refractivity contribution < 1.29 is 18.7 Å². The fraction of sp³-hybridized carbons (Fsp3) is 0.154. The number of hydrogen-bond acceptors (Lipinski definition) is 6. The highest BCUT2D eigenvalue weighted by Gasteiger charge is 2.21. The minimum Gasteiger partial charge on any atom is -0.469 e. The summed E-state index contributed by atoms with van der Waals surface area (Å²) in [5.41, 5.74) is 0.679. The first-order valence-corrected chi connectivity index (χ1v) is 6.35. The van der Waals surface area contributed by atoms with Crippen LogP contribution in [0.4, 0.5) is 4.39 Å². The van der Waals surface area contributed by atoms with Crippen LogP contribution in [-0.4, -0.2) is 23.0 Å². The van der Waals surface area contributed by atoms with Crippen molar-refractivity contribution in [3.05, 3.63) is 47.1 Å². The van der Waals surface area contributed by atoms with Gasteiger partial charge in [0.25, 0.3) is 5.88 Å². The Morgan fingerprint density at radius 3 is 2.95 bits per heavy atom. The van der Waals surface area contributed by atoms with Crippen molar-refractivity contribution in [2.24, 2.45) is 5.16 Å². The van der Waals surface area contributed by atoms with E-state index in [1.54, 1.807) is 24.3 Å². The van der Waals surface area contributed by atoms with Gasteiger partial charge >= 0.3 is 0 Å². The molecule has 8 heteroatoms. The number of aromatic nitrogens is 2. The van der Waals surface area contributed by atoms with E-state index in [9.17, 15) is 4.39 Å². The van der Waals surface area contributed by atoms with E-state index in [-0.39, 0.29) is 17.6 Å². The van der Waals surface area contributed by atoms with Gasteiger partial charge in [0, 0.05) is 5.56 Å². The van der Waals surface area contributed by atoms with Crippen molar-refractivity contribution in [2.45, 2.75) is 6.10 Å². The third kappa shape index (κ3) is 2.87. The topological polar surface area (TPSA) is 65.8 Å². The van der Waals surface area contributed by atoms with Gasteiger partial charge in [-0.05, 0) is 6.07 Å². The molecule has 0 amide bonds. The van der Waals surface area contributed by atoms with E-state index in [0.717, 1.165) is 6.33 Å². The molecule has 6 nitrogen and oxygen atoms in total. The summed E-state index contributed by atoms with van der Waals surface area (Å²) >= 11 is 5.60. The normalized spacial score (nSPS) is 17.0. The first-order valence-electron chi connectivity index (χ1n) is 5.97. The monoisotopic (exact) mass is 309 g/mol. The zero-order valence-corrected chi connectivity index (χ0v) is 11.3. The summed E-state index contributed by atoms with van der Waals surface area (Å²) in [6, 6.07) is 7.00. The Labute approximate surface area is 124 Å². The van der Waals surface area contributed by atoms with Crippen LogP contribution in [0.5, 0.6) is 11.6 Å². The van der Waals surface area contributed by atoms with Crippen LogP contribution in [0.25, 0.3) is 0 Å². The molecule has 0 saturated carbocycles. The maximum atomic E-state index is 13.8. The first kappa shape index (κ1) is 13.6. The molecule has 108 valence electrons. The van der Waals surface area contributed by atoms with Gasteiger partial charge in [0.2, 0.25) is 12.2 Å². The molecule has 2 heterocycles. The lowest BCUT2D eigenvalue weighted by Crippen LogP contribution is -2.14. The van der Waals surface area contributed by atoms with Crippen LogP contribution >= 0.6 is 11.6 Å². The van der Waals surface area contributed by atoms with Crippen LogP contribution in [0.15, 0.2) is 35.7 Å². The standard InChI is InChI=1S/C13H9ClFN3O3/c14-12-11(15)13(17-6-16-12)21-9-4-2-1-3-8(9)10-5-20-18-7-19-10/h1-4,6-7,10H,5H2. The van der Waals surface area contributed by atoms with E-state index < -0.39 is 11.9 Å². The van der Waals surface area contributed by atoms with Crippen molar-refractivity contribution in [2.75, 3.05) is 6.61 Å². The molecule has 1 atom stereocenters. The van der Waals surface area contributed by atoms with Gasteiger partial charge < -0.3 is 14.3 Å². The van der Waals surface area contributed by atoms with Gasteiger partial charge in [-0.1, -0.05) is 35.0 Å². The minimum atomic E-state index is -0.823. The SMILES string of the molecule is Fc1c(Cl)ncnc1Oc1ccccc1C1CON=CO1. The van der Waals surface area contributed by atoms with Crippen molar-refractivity contribution in [3.8, 4) is 11.6 Å². The van der Waals surface area contributed by atoms with Gasteiger partial charge in [0.1, 0.15) is 12.1 Å². The van der Waals surface area contributed by atoms with Crippen molar-refractivity contribution >= 4 is 18.0 Å². The van der Waals surface area contributed by atoms with Crippen molar-refractivity contribution in [1.82, 2.24) is 9.97 Å². The number of para-hydroxylation sites is 1. The predicted octanol–water partition coefficient (Wildman–Crippen LogP) is 3.09. The quantitative estimate of drug-likeness (QED) is 0.815. The third-order valence-electron chi connectivity index (χ3n) is 2.76. The number of halogens is 2. The van der Waals surface area contributed by atoms with Gasteiger partial charge in [0.05, 0.1) is 0 Å². The minimum absolute atomic E-state index is 0.226. The molecule has 2 aromatic rings. The average molecular weight is 310 g/mol. The summed E-state index contributed by atoms with van der Waals surface area (Å²) < 4.78 is 24.6. The maximum absolute atomic E-state index is 13.8. The zero-order valence-electron chi connectivity index (χ0n) is 10.6. The van der Waals surface area contributed by atoms with E-state index in [0.29, 0.717) is 11.3 Å². The lowest BCUT2D eigenvalue weighted by atomic mass is 10.1. The summed E-state index contributed by atoms with van der Waals surface area (Å²) in [6.07, 6.45) is 1.92. The number of oxime groups is 1. The third-order valence-corrected chi connectivity index (χ3v) is 3.02. The highest BCUT2D eigenvalue weighted by atomic mass is 35.5. The molecule has 3 rings (SSSR count). The molecule has 21 heavy (non-hydrogen) atoms. The highest BCUT2D eigenvalue weighted by Crippen LogP contribution is 2.33. The molecular weight excluding hydrogens is 301 g/mol. The smallest absolute Gasteiger partial charge is 0.260 e. The maximum Gasteiger partial charge on any atom is 0.260 e. The molecule has 0 fully saturated rings. The number of hydrogen-bond donors (Lipinski definition) is 0. The number of nitrogens with zero attached hydrogens (tertiary/aromatic N) is 3. The van der Waals surface area contributed by atoms with Gasteiger partial charge in [-0.3, -0.25) is 0 Å². The van der Waals surface area contributed by atoms with Crippen molar-refractivity contribution in [3.63, 3.8) is 0 Å². The number of rotatable bonds is 3. The molecular formula is C13H9ClFN3O3. The molecule has 1 aliphatic heterocycles. The van der Waals surface area contributed by atoms with Gasteiger partial charge in [-0.15, -0.1) is 0 Å². The molecule has 1 unspecified atom stereocenters. The average Bonchev–Trinajstić information content (AvgIpc) is 2.53. The highest BCUT2D eigenvalue weighted by molar-refractivity contribution is 6.29. The first-order chi connectivity index (χ1) is 10.3. The Kier molecular flexibility index (Phi) is 3.83. The Morgan fingerprint density at radius 1 is 1.29 bits per heavy atom. The fourth-order valence-electron chi connectivity index (χ4n) is 1.79. The van der Waals surface area contributed by atoms with Gasteiger partial charge in [-0.25, -0.2) is 4.98 Å².